The van der Waals surface area contributed by atoms with E-state index in [9.17, 15) is 0 Å². The van der Waals surface area contributed by atoms with E-state index in [-0.39, 0.29) is 5.54 Å². The average molecular weight is 381 g/mol. The minimum absolute atomic E-state index is 0.0270. The summed E-state index contributed by atoms with van der Waals surface area (Å²) in [6.45, 7) is 8.57. The predicted octanol–water partition coefficient (Wildman–Crippen LogP) is 5.71. The number of fused-ring (bicyclic) bond motifs is 2. The van der Waals surface area contributed by atoms with Crippen LogP contribution in [0.4, 0.5) is 0 Å². The lowest BCUT2D eigenvalue weighted by atomic mass is 10.0. The lowest BCUT2D eigenvalue weighted by Gasteiger charge is -2.21. The fourth-order valence-corrected chi connectivity index (χ4v) is 3.75. The van der Waals surface area contributed by atoms with Crippen LogP contribution in [0.1, 0.15) is 26.5 Å². The highest BCUT2D eigenvalue weighted by Crippen LogP contribution is 2.33. The molecule has 4 heterocycles. The van der Waals surface area contributed by atoms with Gasteiger partial charge in [-0.25, -0.2) is 9.97 Å². The molecule has 144 valence electrons. The molecule has 0 aliphatic rings. The van der Waals surface area contributed by atoms with Gasteiger partial charge in [0.25, 0.3) is 0 Å². The van der Waals surface area contributed by atoms with Crippen LogP contribution in [0.5, 0.6) is 0 Å². The Morgan fingerprint density at radius 3 is 2.41 bits per heavy atom. The molecule has 0 saturated heterocycles. The molecule has 0 atom stereocenters. The molecule has 5 nitrogen and oxygen atoms in total. The van der Waals surface area contributed by atoms with Gasteiger partial charge in [0.2, 0.25) is 0 Å². The molecule has 1 N–H and O–H groups in total. The number of benzene rings is 1. The molecule has 5 aromatic rings. The number of imidazole rings is 1. The SMILES string of the molecule is Cc1ccc(-c2cnc3[nH]cc(-c4ccc5ncn(C(C)(C)C)c5c4)c3c2)cn1. The van der Waals surface area contributed by atoms with E-state index in [4.69, 9.17) is 0 Å². The summed E-state index contributed by atoms with van der Waals surface area (Å²) in [5.41, 5.74) is 8.42. The Hall–Kier alpha value is -3.47. The van der Waals surface area contributed by atoms with Gasteiger partial charge in [0, 0.05) is 51.9 Å². The van der Waals surface area contributed by atoms with Gasteiger partial charge in [-0.05, 0) is 57.5 Å². The van der Waals surface area contributed by atoms with Crippen molar-refractivity contribution >= 4 is 22.1 Å². The first-order chi connectivity index (χ1) is 13.9. The third kappa shape index (κ3) is 2.99. The maximum absolute atomic E-state index is 4.63. The Balaban J connectivity index is 1.67. The molecule has 0 unspecified atom stereocenters. The number of H-pyrrole nitrogens is 1. The van der Waals surface area contributed by atoms with Crippen LogP contribution in [0, 0.1) is 6.92 Å². The highest BCUT2D eigenvalue weighted by atomic mass is 15.1. The monoisotopic (exact) mass is 381 g/mol. The highest BCUT2D eigenvalue weighted by Gasteiger charge is 2.17. The lowest BCUT2D eigenvalue weighted by Crippen LogP contribution is -2.20. The minimum atomic E-state index is -0.0270. The summed E-state index contributed by atoms with van der Waals surface area (Å²) >= 11 is 0. The van der Waals surface area contributed by atoms with Crippen molar-refractivity contribution in [2.45, 2.75) is 33.2 Å². The number of hydrogen-bond donors (Lipinski definition) is 1. The molecule has 0 amide bonds. The number of aromatic nitrogens is 5. The van der Waals surface area contributed by atoms with Crippen molar-refractivity contribution in [3.8, 4) is 22.3 Å². The first kappa shape index (κ1) is 17.6. The van der Waals surface area contributed by atoms with E-state index < -0.39 is 0 Å². The van der Waals surface area contributed by atoms with Gasteiger partial charge in [-0.3, -0.25) is 4.98 Å². The van der Waals surface area contributed by atoms with Crippen LogP contribution < -0.4 is 0 Å². The molecule has 0 aliphatic carbocycles. The summed E-state index contributed by atoms with van der Waals surface area (Å²) in [5.74, 6) is 0. The number of rotatable bonds is 2. The summed E-state index contributed by atoms with van der Waals surface area (Å²) < 4.78 is 2.22. The minimum Gasteiger partial charge on any atom is -0.346 e. The molecule has 0 radical (unpaired) electrons. The zero-order chi connectivity index (χ0) is 20.2. The highest BCUT2D eigenvalue weighted by molar-refractivity contribution is 5.97. The quantitative estimate of drug-likeness (QED) is 0.426. The Bertz CT molecular complexity index is 1330. The standard InChI is InChI=1S/C24H23N5/c1-15-5-6-17(11-25-15)18-9-19-20(13-27-23(19)26-12-18)16-7-8-21-22(10-16)29(14-28-21)24(2,3)4/h5-14H,1-4H3,(H,26,27). The molecule has 4 aromatic heterocycles. The summed E-state index contributed by atoms with van der Waals surface area (Å²) in [6.07, 6.45) is 7.76. The third-order valence-corrected chi connectivity index (χ3v) is 5.36. The molecule has 1 aromatic carbocycles. The van der Waals surface area contributed by atoms with Gasteiger partial charge < -0.3 is 9.55 Å². The van der Waals surface area contributed by atoms with E-state index in [1.54, 1.807) is 0 Å². The molecule has 0 aliphatic heterocycles. The second kappa shape index (κ2) is 6.27. The second-order valence-electron chi connectivity index (χ2n) is 8.50. The van der Waals surface area contributed by atoms with Crippen LogP contribution in [0.25, 0.3) is 44.3 Å². The number of hydrogen-bond acceptors (Lipinski definition) is 3. The van der Waals surface area contributed by atoms with Gasteiger partial charge in [0.15, 0.2) is 0 Å². The average Bonchev–Trinajstić information content (AvgIpc) is 3.31. The summed E-state index contributed by atoms with van der Waals surface area (Å²) in [5, 5.41) is 1.10. The largest absolute Gasteiger partial charge is 0.346 e. The second-order valence-corrected chi connectivity index (χ2v) is 8.50. The van der Waals surface area contributed by atoms with Crippen molar-refractivity contribution in [1.29, 1.82) is 0 Å². The van der Waals surface area contributed by atoms with Crippen LogP contribution in [0.2, 0.25) is 0 Å². The molecule has 0 spiro atoms. The fourth-order valence-electron chi connectivity index (χ4n) is 3.75. The number of aromatic amines is 1. The van der Waals surface area contributed by atoms with Crippen LogP contribution >= 0.6 is 0 Å². The molecule has 5 rings (SSSR count). The molecule has 5 heteroatoms. The van der Waals surface area contributed by atoms with E-state index >= 15 is 0 Å². The fraction of sp³-hybridized carbons (Fsp3) is 0.208. The van der Waals surface area contributed by atoms with Crippen LogP contribution in [0.15, 0.2) is 61.3 Å². The molecule has 0 bridgehead atoms. The number of aryl methyl sites for hydroxylation is 1. The Morgan fingerprint density at radius 2 is 1.66 bits per heavy atom. The van der Waals surface area contributed by atoms with Gasteiger partial charge >= 0.3 is 0 Å². The Labute approximate surface area is 169 Å². The van der Waals surface area contributed by atoms with Gasteiger partial charge in [-0.15, -0.1) is 0 Å². The molecular weight excluding hydrogens is 358 g/mol. The smallest absolute Gasteiger partial charge is 0.137 e. The normalized spacial score (nSPS) is 12.1. The number of pyridine rings is 2. The van der Waals surface area contributed by atoms with E-state index in [2.05, 4.69) is 75.6 Å². The molecule has 0 fully saturated rings. The van der Waals surface area contributed by atoms with E-state index in [0.29, 0.717) is 0 Å². The van der Waals surface area contributed by atoms with Gasteiger partial charge in [0.1, 0.15) is 5.65 Å². The summed E-state index contributed by atoms with van der Waals surface area (Å²) in [4.78, 5) is 16.9. The summed E-state index contributed by atoms with van der Waals surface area (Å²) in [7, 11) is 0. The van der Waals surface area contributed by atoms with E-state index in [1.165, 1.54) is 0 Å². The van der Waals surface area contributed by atoms with E-state index in [0.717, 1.165) is 50.0 Å². The predicted molar refractivity (Wildman–Crippen MR) is 118 cm³/mol. The van der Waals surface area contributed by atoms with Crippen molar-refractivity contribution in [3.05, 3.63) is 67.0 Å². The zero-order valence-corrected chi connectivity index (χ0v) is 17.1. The zero-order valence-electron chi connectivity index (χ0n) is 17.1. The number of nitrogens with one attached hydrogen (secondary N) is 1. The molecule has 29 heavy (non-hydrogen) atoms. The van der Waals surface area contributed by atoms with Crippen molar-refractivity contribution in [1.82, 2.24) is 24.5 Å². The number of nitrogens with zero attached hydrogens (tertiary/aromatic N) is 4. The maximum Gasteiger partial charge on any atom is 0.137 e. The third-order valence-electron chi connectivity index (χ3n) is 5.36. The van der Waals surface area contributed by atoms with Crippen LogP contribution in [-0.4, -0.2) is 24.5 Å². The van der Waals surface area contributed by atoms with Crippen LogP contribution in [0.3, 0.4) is 0 Å². The van der Waals surface area contributed by atoms with Crippen molar-refractivity contribution in [3.63, 3.8) is 0 Å². The molecule has 0 saturated carbocycles. The van der Waals surface area contributed by atoms with Gasteiger partial charge in [-0.1, -0.05) is 12.1 Å². The maximum atomic E-state index is 4.63. The van der Waals surface area contributed by atoms with Gasteiger partial charge in [-0.2, -0.15) is 0 Å². The molecular formula is C24H23N5. The Morgan fingerprint density at radius 1 is 0.862 bits per heavy atom. The lowest BCUT2D eigenvalue weighted by molar-refractivity contribution is 0.408. The van der Waals surface area contributed by atoms with E-state index in [1.807, 2.05) is 37.9 Å². The summed E-state index contributed by atoms with van der Waals surface area (Å²) in [6, 6.07) is 12.7. The van der Waals surface area contributed by atoms with Crippen molar-refractivity contribution in [2.24, 2.45) is 0 Å². The van der Waals surface area contributed by atoms with Gasteiger partial charge in [0.05, 0.1) is 17.4 Å². The van der Waals surface area contributed by atoms with Crippen molar-refractivity contribution in [2.75, 3.05) is 0 Å². The Kier molecular flexibility index (Phi) is 3.81. The topological polar surface area (TPSA) is 59.4 Å². The van der Waals surface area contributed by atoms with Crippen LogP contribution in [-0.2, 0) is 5.54 Å². The first-order valence-electron chi connectivity index (χ1n) is 9.78. The first-order valence-corrected chi connectivity index (χ1v) is 9.78. The van der Waals surface area contributed by atoms with Crippen molar-refractivity contribution < 1.29 is 0 Å².